The van der Waals surface area contributed by atoms with Crippen molar-refractivity contribution >= 4 is 11.8 Å². The predicted molar refractivity (Wildman–Crippen MR) is 93.8 cm³/mol. The molecule has 0 bridgehead atoms. The van der Waals surface area contributed by atoms with E-state index in [0.29, 0.717) is 19.7 Å². The molecule has 1 aliphatic rings. The van der Waals surface area contributed by atoms with Gasteiger partial charge in [0.25, 0.3) is 0 Å². The second-order valence-electron chi connectivity index (χ2n) is 6.96. The first kappa shape index (κ1) is 18.5. The number of hydrogen-bond acceptors (Lipinski definition) is 3. The van der Waals surface area contributed by atoms with Crippen LogP contribution >= 0.6 is 0 Å². The van der Waals surface area contributed by atoms with E-state index in [0.717, 1.165) is 6.42 Å². The summed E-state index contributed by atoms with van der Waals surface area (Å²) >= 11 is 0. The average Bonchev–Trinajstić information content (AvgIpc) is 2.59. The van der Waals surface area contributed by atoms with Crippen LogP contribution in [0.15, 0.2) is 24.3 Å². The summed E-state index contributed by atoms with van der Waals surface area (Å²) in [5.74, 6) is -0.240. The van der Waals surface area contributed by atoms with Crippen LogP contribution in [-0.2, 0) is 26.2 Å². The molecule has 1 unspecified atom stereocenters. The normalized spacial score (nSPS) is 18.3. The maximum Gasteiger partial charge on any atom is 0.245 e. The molecule has 0 aromatic heterocycles. The van der Waals surface area contributed by atoms with E-state index >= 15 is 0 Å². The highest BCUT2D eigenvalue weighted by molar-refractivity contribution is 5.87. The minimum Gasteiger partial charge on any atom is -0.377 e. The van der Waals surface area contributed by atoms with Gasteiger partial charge in [0.05, 0.1) is 13.2 Å². The SMILES string of the molecule is CCc1ccc(C(C)(C)CNC(=O)C2COCCN2C(C)=O)cc1. The summed E-state index contributed by atoms with van der Waals surface area (Å²) in [6.45, 7) is 9.56. The lowest BCUT2D eigenvalue weighted by molar-refractivity contribution is -0.147. The minimum absolute atomic E-state index is 0.0899. The van der Waals surface area contributed by atoms with Gasteiger partial charge in [-0.3, -0.25) is 9.59 Å². The van der Waals surface area contributed by atoms with Crippen LogP contribution in [0.3, 0.4) is 0 Å². The molecule has 5 nitrogen and oxygen atoms in total. The van der Waals surface area contributed by atoms with E-state index in [-0.39, 0.29) is 23.8 Å². The molecule has 1 fully saturated rings. The molecule has 1 aromatic rings. The van der Waals surface area contributed by atoms with Crippen molar-refractivity contribution in [2.45, 2.75) is 45.6 Å². The monoisotopic (exact) mass is 332 g/mol. The van der Waals surface area contributed by atoms with E-state index in [9.17, 15) is 9.59 Å². The number of aryl methyl sites for hydroxylation is 1. The predicted octanol–water partition coefficient (Wildman–Crippen LogP) is 1.89. The molecule has 5 heteroatoms. The highest BCUT2D eigenvalue weighted by Gasteiger charge is 2.32. The first-order valence-corrected chi connectivity index (χ1v) is 8.57. The largest absolute Gasteiger partial charge is 0.377 e. The number of carbonyl (C=O) groups is 2. The summed E-state index contributed by atoms with van der Waals surface area (Å²) in [7, 11) is 0. The second-order valence-corrected chi connectivity index (χ2v) is 6.96. The Kier molecular flexibility index (Phi) is 5.99. The Hall–Kier alpha value is -1.88. The number of hydrogen-bond donors (Lipinski definition) is 1. The van der Waals surface area contributed by atoms with Gasteiger partial charge in [0.2, 0.25) is 11.8 Å². The lowest BCUT2D eigenvalue weighted by Gasteiger charge is -2.35. The van der Waals surface area contributed by atoms with E-state index in [1.165, 1.54) is 18.1 Å². The fraction of sp³-hybridized carbons (Fsp3) is 0.579. The number of carbonyl (C=O) groups excluding carboxylic acids is 2. The minimum atomic E-state index is -0.533. The molecule has 0 radical (unpaired) electrons. The van der Waals surface area contributed by atoms with Gasteiger partial charge in [-0.1, -0.05) is 45.0 Å². The maximum atomic E-state index is 12.5. The third-order valence-corrected chi connectivity index (χ3v) is 4.68. The van der Waals surface area contributed by atoms with E-state index < -0.39 is 6.04 Å². The van der Waals surface area contributed by atoms with Crippen LogP contribution in [0.4, 0.5) is 0 Å². The Morgan fingerprint density at radius 3 is 2.54 bits per heavy atom. The van der Waals surface area contributed by atoms with Crippen molar-refractivity contribution in [1.29, 1.82) is 0 Å². The Labute approximate surface area is 144 Å². The van der Waals surface area contributed by atoms with E-state index in [2.05, 4.69) is 50.4 Å². The Morgan fingerprint density at radius 2 is 1.96 bits per heavy atom. The fourth-order valence-corrected chi connectivity index (χ4v) is 2.92. The highest BCUT2D eigenvalue weighted by Crippen LogP contribution is 2.23. The molecule has 1 saturated heterocycles. The van der Waals surface area contributed by atoms with E-state index in [4.69, 9.17) is 4.74 Å². The number of ether oxygens (including phenoxy) is 1. The fourth-order valence-electron chi connectivity index (χ4n) is 2.92. The van der Waals surface area contributed by atoms with E-state index in [1.807, 2.05) is 0 Å². The smallest absolute Gasteiger partial charge is 0.245 e. The zero-order chi connectivity index (χ0) is 17.7. The third-order valence-electron chi connectivity index (χ3n) is 4.68. The summed E-state index contributed by atoms with van der Waals surface area (Å²) in [5, 5.41) is 2.99. The quantitative estimate of drug-likeness (QED) is 0.896. The molecule has 1 heterocycles. The summed E-state index contributed by atoms with van der Waals surface area (Å²) < 4.78 is 5.37. The molecule has 24 heavy (non-hydrogen) atoms. The summed E-state index contributed by atoms with van der Waals surface area (Å²) in [6.07, 6.45) is 1.01. The first-order valence-electron chi connectivity index (χ1n) is 8.57. The van der Waals surface area contributed by atoms with Crippen molar-refractivity contribution in [2.75, 3.05) is 26.3 Å². The zero-order valence-electron chi connectivity index (χ0n) is 15.1. The Balaban J connectivity index is 1.99. The molecule has 1 aliphatic heterocycles. The number of nitrogens with one attached hydrogen (secondary N) is 1. The van der Waals surface area contributed by atoms with Gasteiger partial charge in [0, 0.05) is 25.4 Å². The van der Waals surface area contributed by atoms with Crippen LogP contribution in [0.1, 0.15) is 38.8 Å². The first-order chi connectivity index (χ1) is 11.3. The number of nitrogens with zero attached hydrogens (tertiary/aromatic N) is 1. The van der Waals surface area contributed by atoms with Crippen molar-refractivity contribution in [2.24, 2.45) is 0 Å². The molecular weight excluding hydrogens is 304 g/mol. The molecule has 132 valence electrons. The molecule has 2 rings (SSSR count). The van der Waals surface area contributed by atoms with Crippen LogP contribution in [0, 0.1) is 0 Å². The van der Waals surface area contributed by atoms with Gasteiger partial charge in [-0.05, 0) is 17.5 Å². The lowest BCUT2D eigenvalue weighted by Crippen LogP contribution is -2.56. The Morgan fingerprint density at radius 1 is 1.29 bits per heavy atom. The molecule has 1 N–H and O–H groups in total. The van der Waals surface area contributed by atoms with Crippen LogP contribution in [0.25, 0.3) is 0 Å². The molecule has 1 aromatic carbocycles. The van der Waals surface area contributed by atoms with Gasteiger partial charge in [-0.15, -0.1) is 0 Å². The molecular formula is C19H28N2O3. The van der Waals surface area contributed by atoms with Crippen molar-refractivity contribution in [3.05, 3.63) is 35.4 Å². The van der Waals surface area contributed by atoms with Gasteiger partial charge >= 0.3 is 0 Å². The number of rotatable bonds is 5. The summed E-state index contributed by atoms with van der Waals surface area (Å²) in [4.78, 5) is 25.8. The maximum absolute atomic E-state index is 12.5. The van der Waals surface area contributed by atoms with Crippen LogP contribution in [-0.4, -0.2) is 49.1 Å². The number of morpholine rings is 1. The van der Waals surface area contributed by atoms with Crippen molar-refractivity contribution < 1.29 is 14.3 Å². The summed E-state index contributed by atoms with van der Waals surface area (Å²) in [5.41, 5.74) is 2.30. The van der Waals surface area contributed by atoms with Crippen LogP contribution in [0.2, 0.25) is 0 Å². The van der Waals surface area contributed by atoms with Gasteiger partial charge in [-0.25, -0.2) is 0 Å². The van der Waals surface area contributed by atoms with Gasteiger partial charge in [0.1, 0.15) is 6.04 Å². The number of amides is 2. The van der Waals surface area contributed by atoms with Crippen LogP contribution in [0.5, 0.6) is 0 Å². The van der Waals surface area contributed by atoms with Gasteiger partial charge in [-0.2, -0.15) is 0 Å². The zero-order valence-corrected chi connectivity index (χ0v) is 15.1. The summed E-state index contributed by atoms with van der Waals surface area (Å²) in [6, 6.07) is 7.97. The van der Waals surface area contributed by atoms with Crippen molar-refractivity contribution in [3.63, 3.8) is 0 Å². The Bertz CT molecular complexity index is 581. The standard InChI is InChI=1S/C19H28N2O3/c1-5-15-6-8-16(9-7-15)19(3,4)13-20-18(23)17-12-24-11-10-21(17)14(2)22/h6-9,17H,5,10-13H2,1-4H3,(H,20,23). The second kappa shape index (κ2) is 7.79. The molecule has 2 amide bonds. The van der Waals surface area contributed by atoms with Gasteiger partial charge in [0.15, 0.2) is 0 Å². The lowest BCUT2D eigenvalue weighted by atomic mass is 9.84. The molecule has 0 saturated carbocycles. The van der Waals surface area contributed by atoms with Crippen molar-refractivity contribution in [3.8, 4) is 0 Å². The molecule has 1 atom stereocenters. The van der Waals surface area contributed by atoms with Gasteiger partial charge < -0.3 is 15.0 Å². The third kappa shape index (κ3) is 4.35. The van der Waals surface area contributed by atoms with Crippen molar-refractivity contribution in [1.82, 2.24) is 10.2 Å². The molecule has 0 aliphatic carbocycles. The number of benzene rings is 1. The topological polar surface area (TPSA) is 58.6 Å². The van der Waals surface area contributed by atoms with Crippen LogP contribution < -0.4 is 5.32 Å². The highest BCUT2D eigenvalue weighted by atomic mass is 16.5. The molecule has 0 spiro atoms. The average molecular weight is 332 g/mol. The van der Waals surface area contributed by atoms with E-state index in [1.54, 1.807) is 4.90 Å².